The van der Waals surface area contributed by atoms with E-state index in [0.717, 1.165) is 4.43 Å². The minimum atomic E-state index is -0.407. The van der Waals surface area contributed by atoms with E-state index in [1.807, 2.05) is 6.92 Å². The number of primary amides is 1. The van der Waals surface area contributed by atoms with Crippen LogP contribution in [0.3, 0.4) is 0 Å². The maximum atomic E-state index is 11.6. The summed E-state index contributed by atoms with van der Waals surface area (Å²) >= 11 is 2.27. The van der Waals surface area contributed by atoms with E-state index < -0.39 is 11.9 Å². The van der Waals surface area contributed by atoms with Gasteiger partial charge in [0.15, 0.2) is 0 Å². The Hall–Kier alpha value is -0.330. The summed E-state index contributed by atoms with van der Waals surface area (Å²) in [6, 6.07) is -0.407. The number of nitrogens with zero attached hydrogens (tertiary/aromatic N) is 1. The van der Waals surface area contributed by atoms with Crippen LogP contribution in [0, 0.1) is 5.92 Å². The van der Waals surface area contributed by atoms with E-state index >= 15 is 0 Å². The summed E-state index contributed by atoms with van der Waals surface area (Å²) in [7, 11) is 0. The van der Waals surface area contributed by atoms with Gasteiger partial charge in [-0.15, -0.1) is 0 Å². The van der Waals surface area contributed by atoms with E-state index in [1.54, 1.807) is 4.90 Å². The first kappa shape index (κ1) is 11.7. The molecule has 0 radical (unpaired) electrons. The molecule has 0 spiro atoms. The summed E-state index contributed by atoms with van der Waals surface area (Å²) in [6.07, 6.45) is 1.17. The average Bonchev–Trinajstić information content (AvgIpc) is 2.48. The summed E-state index contributed by atoms with van der Waals surface area (Å²) in [6.45, 7) is 2.56. The van der Waals surface area contributed by atoms with Gasteiger partial charge in [0.2, 0.25) is 11.8 Å². The van der Waals surface area contributed by atoms with Gasteiger partial charge in [0.25, 0.3) is 0 Å². The molecule has 2 atom stereocenters. The van der Waals surface area contributed by atoms with Crippen molar-refractivity contribution in [1.29, 1.82) is 0 Å². The molecule has 14 heavy (non-hydrogen) atoms. The summed E-state index contributed by atoms with van der Waals surface area (Å²) in [4.78, 5) is 24.3. The maximum Gasteiger partial charge on any atom is 0.240 e. The fourth-order valence-electron chi connectivity index (χ4n) is 1.79. The molecule has 1 heterocycles. The second kappa shape index (κ2) is 4.95. The maximum absolute atomic E-state index is 11.6. The number of halogens is 1. The number of carbonyl (C=O) groups excluding carboxylic acids is 2. The topological polar surface area (TPSA) is 63.4 Å². The van der Waals surface area contributed by atoms with Crippen molar-refractivity contribution in [2.24, 2.45) is 11.7 Å². The van der Waals surface area contributed by atoms with Crippen LogP contribution in [0.1, 0.15) is 19.8 Å². The molecule has 5 heteroatoms. The number of nitrogens with two attached hydrogens (primary N) is 1. The quantitative estimate of drug-likeness (QED) is 0.608. The first-order valence-corrected chi connectivity index (χ1v) is 6.27. The largest absolute Gasteiger partial charge is 0.368 e. The molecule has 1 rings (SSSR count). The Morgan fingerprint density at radius 3 is 2.79 bits per heavy atom. The highest BCUT2D eigenvalue weighted by Gasteiger charge is 2.35. The van der Waals surface area contributed by atoms with Crippen molar-refractivity contribution in [3.05, 3.63) is 0 Å². The lowest BCUT2D eigenvalue weighted by Gasteiger charge is -2.24. The zero-order valence-electron chi connectivity index (χ0n) is 8.20. The monoisotopic (exact) mass is 310 g/mol. The number of hydrogen-bond donors (Lipinski definition) is 1. The first-order chi connectivity index (χ1) is 6.60. The Morgan fingerprint density at radius 1 is 1.79 bits per heavy atom. The van der Waals surface area contributed by atoms with E-state index in [2.05, 4.69) is 22.6 Å². The molecule has 0 aromatic rings. The number of alkyl halides is 1. The standard InChI is InChI=1S/C9H15IN2O2/c1-2-7(9(11)14)12-5-6(4-10)3-8(12)13/h6-7H,2-5H2,1H3,(H2,11,14)/t6?,7-/m1/s1. The highest BCUT2D eigenvalue weighted by Crippen LogP contribution is 2.22. The van der Waals surface area contributed by atoms with E-state index in [1.165, 1.54) is 0 Å². The van der Waals surface area contributed by atoms with Crippen LogP contribution in [-0.2, 0) is 9.59 Å². The molecular formula is C9H15IN2O2. The van der Waals surface area contributed by atoms with Gasteiger partial charge in [0.05, 0.1) is 0 Å². The number of amides is 2. The SMILES string of the molecule is CC[C@H](C(N)=O)N1CC(CI)CC1=O. The zero-order valence-corrected chi connectivity index (χ0v) is 10.4. The Bertz CT molecular complexity index is 245. The summed E-state index contributed by atoms with van der Waals surface area (Å²) in [5, 5.41) is 0. The van der Waals surface area contributed by atoms with Gasteiger partial charge in [-0.3, -0.25) is 9.59 Å². The second-order valence-electron chi connectivity index (χ2n) is 3.60. The highest BCUT2D eigenvalue weighted by atomic mass is 127. The molecular weight excluding hydrogens is 295 g/mol. The van der Waals surface area contributed by atoms with Crippen molar-refractivity contribution >= 4 is 34.4 Å². The first-order valence-electron chi connectivity index (χ1n) is 4.74. The minimum Gasteiger partial charge on any atom is -0.368 e. The third kappa shape index (κ3) is 2.37. The summed E-state index contributed by atoms with van der Waals surface area (Å²) in [5.41, 5.74) is 5.24. The molecule has 0 bridgehead atoms. The van der Waals surface area contributed by atoms with Gasteiger partial charge in [-0.2, -0.15) is 0 Å². The van der Waals surface area contributed by atoms with E-state index in [-0.39, 0.29) is 5.91 Å². The van der Waals surface area contributed by atoms with Crippen LogP contribution in [0.4, 0.5) is 0 Å². The molecule has 4 nitrogen and oxygen atoms in total. The fraction of sp³-hybridized carbons (Fsp3) is 0.778. The van der Waals surface area contributed by atoms with Gasteiger partial charge < -0.3 is 10.6 Å². The van der Waals surface area contributed by atoms with Crippen molar-refractivity contribution in [2.45, 2.75) is 25.8 Å². The van der Waals surface area contributed by atoms with Crippen molar-refractivity contribution < 1.29 is 9.59 Å². The van der Waals surface area contributed by atoms with Crippen LogP contribution in [0.25, 0.3) is 0 Å². The molecule has 1 fully saturated rings. The molecule has 0 aromatic carbocycles. The van der Waals surface area contributed by atoms with Crippen LogP contribution < -0.4 is 5.73 Å². The van der Waals surface area contributed by atoms with Crippen molar-refractivity contribution in [3.8, 4) is 0 Å². The lowest BCUT2D eigenvalue weighted by molar-refractivity contribution is -0.136. The zero-order chi connectivity index (χ0) is 10.7. The number of hydrogen-bond acceptors (Lipinski definition) is 2. The number of carbonyl (C=O) groups is 2. The van der Waals surface area contributed by atoms with Crippen LogP contribution >= 0.6 is 22.6 Å². The molecule has 0 aliphatic carbocycles. The van der Waals surface area contributed by atoms with Crippen LogP contribution in [0.15, 0.2) is 0 Å². The fourth-order valence-corrected chi connectivity index (χ4v) is 2.38. The molecule has 0 saturated carbocycles. The van der Waals surface area contributed by atoms with Crippen molar-refractivity contribution in [2.75, 3.05) is 11.0 Å². The van der Waals surface area contributed by atoms with Gasteiger partial charge in [0, 0.05) is 17.4 Å². The lowest BCUT2D eigenvalue weighted by Crippen LogP contribution is -2.45. The Morgan fingerprint density at radius 2 is 2.43 bits per heavy atom. The molecule has 2 N–H and O–H groups in total. The summed E-state index contributed by atoms with van der Waals surface area (Å²) < 4.78 is 0.954. The highest BCUT2D eigenvalue weighted by molar-refractivity contribution is 14.1. The third-order valence-corrected chi connectivity index (χ3v) is 3.79. The predicted octanol–water partition coefficient (Wildman–Crippen LogP) is 0.534. The van der Waals surface area contributed by atoms with Crippen molar-refractivity contribution in [3.63, 3.8) is 0 Å². The van der Waals surface area contributed by atoms with E-state index in [4.69, 9.17) is 5.73 Å². The molecule has 1 aliphatic heterocycles. The number of rotatable bonds is 4. The molecule has 1 saturated heterocycles. The van der Waals surface area contributed by atoms with Crippen LogP contribution in [-0.4, -0.2) is 33.7 Å². The van der Waals surface area contributed by atoms with E-state index in [0.29, 0.717) is 25.3 Å². The Labute approximate surface area is 97.3 Å². The molecule has 80 valence electrons. The van der Waals surface area contributed by atoms with Crippen molar-refractivity contribution in [1.82, 2.24) is 4.90 Å². The van der Waals surface area contributed by atoms with Gasteiger partial charge in [-0.05, 0) is 12.3 Å². The average molecular weight is 310 g/mol. The third-order valence-electron chi connectivity index (χ3n) is 2.55. The van der Waals surface area contributed by atoms with Gasteiger partial charge in [-0.25, -0.2) is 0 Å². The minimum absolute atomic E-state index is 0.0670. The summed E-state index contributed by atoms with van der Waals surface area (Å²) in [5.74, 6) is 0.0591. The predicted molar refractivity (Wildman–Crippen MR) is 62.0 cm³/mol. The van der Waals surface area contributed by atoms with Gasteiger partial charge in [-0.1, -0.05) is 29.5 Å². The van der Waals surface area contributed by atoms with E-state index in [9.17, 15) is 9.59 Å². The normalized spacial score (nSPS) is 24.0. The second-order valence-corrected chi connectivity index (χ2v) is 4.48. The van der Waals surface area contributed by atoms with Crippen LogP contribution in [0.2, 0.25) is 0 Å². The van der Waals surface area contributed by atoms with Crippen LogP contribution in [0.5, 0.6) is 0 Å². The molecule has 0 aromatic heterocycles. The smallest absolute Gasteiger partial charge is 0.240 e. The molecule has 2 amide bonds. The molecule has 1 unspecified atom stereocenters. The van der Waals surface area contributed by atoms with Gasteiger partial charge in [0.1, 0.15) is 6.04 Å². The number of likely N-dealkylation sites (tertiary alicyclic amines) is 1. The van der Waals surface area contributed by atoms with Gasteiger partial charge >= 0.3 is 0 Å². The Kier molecular flexibility index (Phi) is 4.15. The Balaban J connectivity index is 2.68. The lowest BCUT2D eigenvalue weighted by atomic mass is 10.1. The molecule has 1 aliphatic rings.